The molecule has 9 nitrogen and oxygen atoms in total. The molecule has 2 saturated carbocycles. The van der Waals surface area contributed by atoms with E-state index in [1.807, 2.05) is 0 Å². The maximum absolute atomic E-state index is 13.4. The van der Waals surface area contributed by atoms with Crippen LogP contribution < -0.4 is 19.2 Å². The van der Waals surface area contributed by atoms with Gasteiger partial charge in [0.2, 0.25) is 0 Å². The van der Waals surface area contributed by atoms with Crippen molar-refractivity contribution in [3.05, 3.63) is 81.1 Å². The zero-order chi connectivity index (χ0) is 31.7. The predicted octanol–water partition coefficient (Wildman–Crippen LogP) is 6.11. The average Bonchev–Trinajstić information content (AvgIpc) is 3.94. The number of amides is 2. The van der Waals surface area contributed by atoms with Crippen LogP contribution in [-0.4, -0.2) is 49.1 Å². The molecule has 236 valence electrons. The Morgan fingerprint density at radius 1 is 0.911 bits per heavy atom. The fourth-order valence-corrected chi connectivity index (χ4v) is 5.52. The largest absolute Gasteiger partial charge is 0.492 e. The number of halogens is 4. The van der Waals surface area contributed by atoms with Crippen molar-refractivity contribution in [3.8, 4) is 17.2 Å². The van der Waals surface area contributed by atoms with Crippen molar-refractivity contribution in [1.82, 2.24) is 4.90 Å². The van der Waals surface area contributed by atoms with Gasteiger partial charge in [-0.2, -0.15) is 8.78 Å². The third kappa shape index (κ3) is 7.31. The van der Waals surface area contributed by atoms with Crippen LogP contribution in [0.1, 0.15) is 63.6 Å². The summed E-state index contributed by atoms with van der Waals surface area (Å²) in [6.07, 6.45) is 5.98. The van der Waals surface area contributed by atoms with Crippen molar-refractivity contribution >= 4 is 41.0 Å². The first-order chi connectivity index (χ1) is 21.7. The van der Waals surface area contributed by atoms with Gasteiger partial charge in [0.15, 0.2) is 23.9 Å². The Kier molecular flexibility index (Phi) is 9.09. The number of esters is 1. The SMILES string of the molecule is O=C(CN1C(=O)c2cccc(OCC3CC3)c2C1=O)O[C@@H](Cc1c(Cl)c[nH+]cc1Cl)c1ccc(OC(F)F)c(OCC2CC2)c1. The Morgan fingerprint density at radius 3 is 2.22 bits per heavy atom. The highest BCUT2D eigenvalue weighted by atomic mass is 35.5. The van der Waals surface area contributed by atoms with E-state index in [1.54, 1.807) is 12.1 Å². The van der Waals surface area contributed by atoms with Crippen molar-refractivity contribution in [2.75, 3.05) is 19.8 Å². The van der Waals surface area contributed by atoms with Gasteiger partial charge in [0, 0.05) is 12.0 Å². The Hall–Kier alpha value is -3.96. The molecule has 0 bridgehead atoms. The summed E-state index contributed by atoms with van der Waals surface area (Å²) in [5.74, 6) is -1.28. The number of H-pyrrole nitrogens is 1. The van der Waals surface area contributed by atoms with E-state index in [0.29, 0.717) is 41.9 Å². The van der Waals surface area contributed by atoms with E-state index in [-0.39, 0.29) is 39.1 Å². The third-order valence-corrected chi connectivity index (χ3v) is 8.48. The van der Waals surface area contributed by atoms with Crippen molar-refractivity contribution in [2.45, 2.75) is 44.8 Å². The molecule has 2 aliphatic carbocycles. The number of aromatic nitrogens is 1. The number of nitrogens with one attached hydrogen (secondary N) is 1. The molecule has 1 aliphatic heterocycles. The molecule has 13 heteroatoms. The summed E-state index contributed by atoms with van der Waals surface area (Å²) in [7, 11) is 0. The Balaban J connectivity index is 1.24. The lowest BCUT2D eigenvalue weighted by Gasteiger charge is -2.22. The molecule has 0 saturated heterocycles. The Labute approximate surface area is 267 Å². The molecular weight excluding hydrogens is 633 g/mol. The van der Waals surface area contributed by atoms with E-state index < -0.39 is 37.0 Å². The van der Waals surface area contributed by atoms with Crippen LogP contribution in [0.15, 0.2) is 48.8 Å². The second-order valence-corrected chi connectivity index (χ2v) is 12.1. The molecule has 3 aromatic rings. The number of carbonyl (C=O) groups excluding carboxylic acids is 3. The zero-order valence-electron chi connectivity index (χ0n) is 23.9. The molecule has 2 fully saturated rings. The second kappa shape index (κ2) is 13.2. The van der Waals surface area contributed by atoms with Gasteiger partial charge >= 0.3 is 12.6 Å². The first-order valence-corrected chi connectivity index (χ1v) is 15.3. The van der Waals surface area contributed by atoms with Gasteiger partial charge in [-0.1, -0.05) is 35.3 Å². The minimum absolute atomic E-state index is 0.0174. The van der Waals surface area contributed by atoms with Crippen LogP contribution in [0.4, 0.5) is 8.78 Å². The minimum Gasteiger partial charge on any atom is -0.492 e. The van der Waals surface area contributed by atoms with Gasteiger partial charge in [-0.25, -0.2) is 4.98 Å². The van der Waals surface area contributed by atoms with E-state index in [1.165, 1.54) is 36.7 Å². The van der Waals surface area contributed by atoms with E-state index in [0.717, 1.165) is 30.6 Å². The molecule has 6 rings (SSSR count). The highest BCUT2D eigenvalue weighted by Gasteiger charge is 2.40. The van der Waals surface area contributed by atoms with Gasteiger partial charge in [0.05, 0.1) is 24.3 Å². The predicted molar refractivity (Wildman–Crippen MR) is 157 cm³/mol. The molecule has 1 N–H and O–H groups in total. The fourth-order valence-electron chi connectivity index (χ4n) is 4.99. The third-order valence-electron chi connectivity index (χ3n) is 7.81. The van der Waals surface area contributed by atoms with Gasteiger partial charge in [-0.3, -0.25) is 19.3 Å². The van der Waals surface area contributed by atoms with Crippen molar-refractivity contribution in [1.29, 1.82) is 0 Å². The number of alkyl halides is 2. The number of hydrogen-bond donors (Lipinski definition) is 0. The number of pyridine rings is 1. The highest BCUT2D eigenvalue weighted by molar-refractivity contribution is 6.35. The first kappa shape index (κ1) is 31.0. The molecule has 2 aromatic carbocycles. The number of rotatable bonds is 14. The molecule has 3 aliphatic rings. The molecule has 2 heterocycles. The Bertz CT molecular complexity index is 1610. The van der Waals surface area contributed by atoms with Gasteiger partial charge in [-0.15, -0.1) is 0 Å². The number of carbonyl (C=O) groups is 3. The smallest absolute Gasteiger partial charge is 0.387 e. The normalized spacial score (nSPS) is 16.5. The minimum atomic E-state index is -3.08. The lowest BCUT2D eigenvalue weighted by Crippen LogP contribution is -2.36. The van der Waals surface area contributed by atoms with E-state index >= 15 is 0 Å². The summed E-state index contributed by atoms with van der Waals surface area (Å²) in [6.45, 7) is -3.00. The summed E-state index contributed by atoms with van der Waals surface area (Å²) in [4.78, 5) is 43.6. The lowest BCUT2D eigenvalue weighted by molar-refractivity contribution is -0.377. The number of hydrogen-bond acceptors (Lipinski definition) is 7. The van der Waals surface area contributed by atoms with Gasteiger partial charge in [0.25, 0.3) is 11.8 Å². The van der Waals surface area contributed by atoms with Crippen LogP contribution in [0.3, 0.4) is 0 Å². The van der Waals surface area contributed by atoms with Crippen LogP contribution in [0, 0.1) is 11.8 Å². The Morgan fingerprint density at radius 2 is 1.58 bits per heavy atom. The molecular formula is C32H29Cl2F2N2O7+. The van der Waals surface area contributed by atoms with Crippen LogP contribution in [0.2, 0.25) is 10.0 Å². The summed E-state index contributed by atoms with van der Waals surface area (Å²) < 4.78 is 48.4. The molecule has 0 unspecified atom stereocenters. The van der Waals surface area contributed by atoms with Crippen LogP contribution in [0.5, 0.6) is 17.2 Å². The first-order valence-electron chi connectivity index (χ1n) is 14.5. The summed E-state index contributed by atoms with van der Waals surface area (Å²) in [6, 6.07) is 8.98. The van der Waals surface area contributed by atoms with Crippen molar-refractivity contribution in [3.63, 3.8) is 0 Å². The van der Waals surface area contributed by atoms with Gasteiger partial charge < -0.3 is 18.9 Å². The molecule has 1 atom stereocenters. The zero-order valence-corrected chi connectivity index (χ0v) is 25.4. The van der Waals surface area contributed by atoms with Gasteiger partial charge in [-0.05, 0) is 67.3 Å². The van der Waals surface area contributed by atoms with Crippen molar-refractivity contribution in [2.24, 2.45) is 11.8 Å². The molecule has 0 spiro atoms. The van der Waals surface area contributed by atoms with Crippen LogP contribution in [0.25, 0.3) is 0 Å². The van der Waals surface area contributed by atoms with Crippen molar-refractivity contribution < 1.29 is 47.1 Å². The highest BCUT2D eigenvalue weighted by Crippen LogP contribution is 2.38. The summed E-state index contributed by atoms with van der Waals surface area (Å²) in [5, 5.41) is 0.538. The summed E-state index contributed by atoms with van der Waals surface area (Å²) >= 11 is 12.8. The number of benzene rings is 2. The number of fused-ring (bicyclic) bond motifs is 1. The maximum Gasteiger partial charge on any atom is 0.387 e. The quantitative estimate of drug-likeness (QED) is 0.152. The summed E-state index contributed by atoms with van der Waals surface area (Å²) in [5.41, 5.74) is 1.07. The van der Waals surface area contributed by atoms with E-state index in [9.17, 15) is 23.2 Å². The molecule has 1 aromatic heterocycles. The lowest BCUT2D eigenvalue weighted by atomic mass is 10.0. The number of aromatic amines is 1. The molecule has 2 amide bonds. The van der Waals surface area contributed by atoms with E-state index in [4.69, 9.17) is 37.4 Å². The second-order valence-electron chi connectivity index (χ2n) is 11.3. The van der Waals surface area contributed by atoms with E-state index in [2.05, 4.69) is 9.72 Å². The van der Waals surface area contributed by atoms with Gasteiger partial charge in [0.1, 0.15) is 28.4 Å². The average molecular weight is 662 g/mol. The monoisotopic (exact) mass is 661 g/mol. The fraction of sp³-hybridized carbons (Fsp3) is 0.375. The number of nitrogens with zero attached hydrogens (tertiary/aromatic N) is 1. The number of ether oxygens (including phenoxy) is 4. The maximum atomic E-state index is 13.4. The van der Waals surface area contributed by atoms with Crippen LogP contribution >= 0.6 is 23.2 Å². The molecule has 0 radical (unpaired) electrons. The standard InChI is InChI=1S/C32H28Cl2F2N2O7/c33-22-12-37-13-23(34)21(22)11-26(19-8-9-24(45-32(35)36)27(10-19)43-16-18-6-7-18)44-28(39)14-38-30(40)20-2-1-3-25(29(20)31(38)41)42-15-17-4-5-17/h1-3,8-10,12-13,17-18,26,32H,4-7,11,14-16H2/p+1/t26-/m0/s1. The number of imide groups is 1. The topological polar surface area (TPSA) is 106 Å². The van der Waals surface area contributed by atoms with Crippen LogP contribution in [-0.2, 0) is 16.0 Å². The molecule has 45 heavy (non-hydrogen) atoms.